The van der Waals surface area contributed by atoms with Gasteiger partial charge in [0.25, 0.3) is 0 Å². The molecule has 1 aliphatic heterocycles. The molecule has 1 aliphatic rings. The Morgan fingerprint density at radius 1 is 1.17 bits per heavy atom. The molecule has 148 valence electrons. The molecule has 29 heavy (non-hydrogen) atoms. The van der Waals surface area contributed by atoms with Gasteiger partial charge in [-0.05, 0) is 26.0 Å². The van der Waals surface area contributed by atoms with E-state index in [1.165, 1.54) is 0 Å². The number of hydrogen-bond donors (Lipinski definition) is 0. The quantitative estimate of drug-likeness (QED) is 0.454. The average Bonchev–Trinajstić information content (AvgIpc) is 3.43. The SMILES string of the molecule is CCOCc1nnn2c1Cc1c(-c3cc(C)no3)ncn1-c1ccc(OC)cc1-2. The molecule has 0 saturated carbocycles. The van der Waals surface area contributed by atoms with Gasteiger partial charge in [-0.25, -0.2) is 9.67 Å². The highest BCUT2D eigenvalue weighted by atomic mass is 16.5. The summed E-state index contributed by atoms with van der Waals surface area (Å²) in [5.41, 5.74) is 6.09. The van der Waals surface area contributed by atoms with Crippen molar-refractivity contribution >= 4 is 0 Å². The zero-order valence-electron chi connectivity index (χ0n) is 16.4. The highest BCUT2D eigenvalue weighted by Crippen LogP contribution is 2.35. The lowest BCUT2D eigenvalue weighted by Gasteiger charge is -2.11. The van der Waals surface area contributed by atoms with Crippen molar-refractivity contribution in [2.45, 2.75) is 26.9 Å². The molecule has 0 N–H and O–H groups in total. The highest BCUT2D eigenvalue weighted by Gasteiger charge is 2.28. The van der Waals surface area contributed by atoms with Crippen molar-refractivity contribution in [3.05, 3.63) is 53.4 Å². The number of hydrogen-bond acceptors (Lipinski definition) is 7. The molecule has 0 bridgehead atoms. The second-order valence-corrected chi connectivity index (χ2v) is 6.81. The molecule has 5 rings (SSSR count). The Bertz CT molecular complexity index is 1190. The summed E-state index contributed by atoms with van der Waals surface area (Å²) >= 11 is 0. The molecule has 4 heterocycles. The standard InChI is InChI=1S/C20H20N6O3/c1-4-28-10-14-16-9-18-20(19-7-12(2)23-29-19)21-11-25(18)15-6-5-13(27-3)8-17(15)26(16)24-22-14/h5-8,11H,4,9-10H2,1-3H3. The number of fused-ring (bicyclic) bond motifs is 5. The maximum atomic E-state index is 5.61. The predicted octanol–water partition coefficient (Wildman–Crippen LogP) is 2.87. The molecular weight excluding hydrogens is 372 g/mol. The molecule has 0 aliphatic carbocycles. The van der Waals surface area contributed by atoms with Gasteiger partial charge in [-0.3, -0.25) is 4.57 Å². The second-order valence-electron chi connectivity index (χ2n) is 6.81. The van der Waals surface area contributed by atoms with Crippen molar-refractivity contribution in [3.63, 3.8) is 0 Å². The largest absolute Gasteiger partial charge is 0.497 e. The van der Waals surface area contributed by atoms with Crippen LogP contribution in [-0.4, -0.2) is 43.4 Å². The minimum atomic E-state index is 0.399. The van der Waals surface area contributed by atoms with Crippen LogP contribution in [0.3, 0.4) is 0 Å². The Kier molecular flexibility index (Phi) is 4.17. The molecule has 0 unspecified atom stereocenters. The van der Waals surface area contributed by atoms with Gasteiger partial charge in [-0.15, -0.1) is 5.10 Å². The van der Waals surface area contributed by atoms with Crippen molar-refractivity contribution in [2.24, 2.45) is 0 Å². The smallest absolute Gasteiger partial charge is 0.187 e. The number of nitrogens with zero attached hydrogens (tertiary/aromatic N) is 6. The molecule has 9 nitrogen and oxygen atoms in total. The highest BCUT2D eigenvalue weighted by molar-refractivity contribution is 5.64. The average molecular weight is 392 g/mol. The van der Waals surface area contributed by atoms with Crippen LogP contribution in [0.5, 0.6) is 5.75 Å². The van der Waals surface area contributed by atoms with E-state index in [2.05, 4.69) is 25.0 Å². The first kappa shape index (κ1) is 17.6. The summed E-state index contributed by atoms with van der Waals surface area (Å²) in [5, 5.41) is 12.8. The fraction of sp³-hybridized carbons (Fsp3) is 0.300. The Morgan fingerprint density at radius 2 is 2.07 bits per heavy atom. The summed E-state index contributed by atoms with van der Waals surface area (Å²) in [5.74, 6) is 1.38. The topological polar surface area (TPSA) is 93.0 Å². The maximum absolute atomic E-state index is 5.61. The third-order valence-electron chi connectivity index (χ3n) is 5.02. The summed E-state index contributed by atoms with van der Waals surface area (Å²) < 4.78 is 20.5. The number of aryl methyl sites for hydroxylation is 1. The van der Waals surface area contributed by atoms with E-state index in [0.717, 1.165) is 45.6 Å². The van der Waals surface area contributed by atoms with Crippen LogP contribution >= 0.6 is 0 Å². The summed E-state index contributed by atoms with van der Waals surface area (Å²) in [7, 11) is 1.65. The first-order valence-electron chi connectivity index (χ1n) is 9.39. The van der Waals surface area contributed by atoms with Gasteiger partial charge in [0, 0.05) is 25.2 Å². The third-order valence-corrected chi connectivity index (χ3v) is 5.02. The van der Waals surface area contributed by atoms with E-state index >= 15 is 0 Å². The van der Waals surface area contributed by atoms with Gasteiger partial charge in [-0.1, -0.05) is 10.4 Å². The number of benzene rings is 1. The van der Waals surface area contributed by atoms with Gasteiger partial charge < -0.3 is 14.0 Å². The number of aromatic nitrogens is 6. The van der Waals surface area contributed by atoms with E-state index in [1.807, 2.05) is 42.8 Å². The van der Waals surface area contributed by atoms with Gasteiger partial charge in [0.15, 0.2) is 5.76 Å². The van der Waals surface area contributed by atoms with Crippen LogP contribution < -0.4 is 4.74 Å². The lowest BCUT2D eigenvalue weighted by molar-refractivity contribution is 0.130. The number of rotatable bonds is 5. The molecule has 1 aromatic carbocycles. The van der Waals surface area contributed by atoms with Crippen molar-refractivity contribution in [1.29, 1.82) is 0 Å². The third kappa shape index (κ3) is 2.82. The zero-order valence-corrected chi connectivity index (χ0v) is 16.4. The van der Waals surface area contributed by atoms with Crippen LogP contribution in [-0.2, 0) is 17.8 Å². The van der Waals surface area contributed by atoms with E-state index < -0.39 is 0 Å². The van der Waals surface area contributed by atoms with Gasteiger partial charge in [-0.2, -0.15) is 0 Å². The molecule has 3 aromatic heterocycles. The van der Waals surface area contributed by atoms with E-state index in [0.29, 0.717) is 25.4 Å². The van der Waals surface area contributed by atoms with Gasteiger partial charge >= 0.3 is 0 Å². The summed E-state index contributed by atoms with van der Waals surface area (Å²) in [6.45, 7) is 4.86. The zero-order chi connectivity index (χ0) is 20.0. The van der Waals surface area contributed by atoms with Crippen LogP contribution in [0.4, 0.5) is 0 Å². The predicted molar refractivity (Wildman–Crippen MR) is 103 cm³/mol. The molecule has 9 heteroatoms. The van der Waals surface area contributed by atoms with Crippen molar-refractivity contribution in [2.75, 3.05) is 13.7 Å². The van der Waals surface area contributed by atoms with Crippen molar-refractivity contribution < 1.29 is 14.0 Å². The monoisotopic (exact) mass is 392 g/mol. The number of imidazole rings is 1. The molecule has 0 fully saturated rings. The fourth-order valence-corrected chi connectivity index (χ4v) is 3.61. The Labute approximate surface area is 166 Å². The summed E-state index contributed by atoms with van der Waals surface area (Å²) in [6.07, 6.45) is 2.37. The van der Waals surface area contributed by atoms with Crippen LogP contribution in [0.2, 0.25) is 0 Å². The van der Waals surface area contributed by atoms with E-state index in [1.54, 1.807) is 13.4 Å². The van der Waals surface area contributed by atoms with Crippen LogP contribution in [0.1, 0.15) is 29.7 Å². The van der Waals surface area contributed by atoms with Gasteiger partial charge in [0.1, 0.15) is 23.5 Å². The van der Waals surface area contributed by atoms with Crippen LogP contribution in [0.15, 0.2) is 35.1 Å². The summed E-state index contributed by atoms with van der Waals surface area (Å²) in [4.78, 5) is 4.63. The molecule has 0 atom stereocenters. The van der Waals surface area contributed by atoms with Crippen molar-refractivity contribution in [1.82, 2.24) is 29.7 Å². The van der Waals surface area contributed by atoms with Crippen molar-refractivity contribution in [3.8, 4) is 28.6 Å². The lowest BCUT2D eigenvalue weighted by atomic mass is 10.1. The molecule has 0 radical (unpaired) electrons. The van der Waals surface area contributed by atoms with E-state index in [4.69, 9.17) is 14.0 Å². The number of methoxy groups -OCH3 is 1. The van der Waals surface area contributed by atoms with Crippen LogP contribution in [0, 0.1) is 6.92 Å². The van der Waals surface area contributed by atoms with E-state index in [9.17, 15) is 0 Å². The minimum absolute atomic E-state index is 0.399. The summed E-state index contributed by atoms with van der Waals surface area (Å²) in [6, 6.07) is 7.75. The second kappa shape index (κ2) is 6.85. The molecular formula is C20H20N6O3. The molecule has 0 amide bonds. The molecule has 4 aromatic rings. The van der Waals surface area contributed by atoms with Gasteiger partial charge in [0.05, 0.1) is 42.2 Å². The fourth-order valence-electron chi connectivity index (χ4n) is 3.61. The molecule has 0 saturated heterocycles. The Hall–Kier alpha value is -3.46. The minimum Gasteiger partial charge on any atom is -0.497 e. The first-order chi connectivity index (χ1) is 14.2. The molecule has 0 spiro atoms. The Morgan fingerprint density at radius 3 is 2.83 bits per heavy atom. The Balaban J connectivity index is 1.74. The van der Waals surface area contributed by atoms with Crippen LogP contribution in [0.25, 0.3) is 22.8 Å². The van der Waals surface area contributed by atoms with E-state index in [-0.39, 0.29) is 0 Å². The lowest BCUT2D eigenvalue weighted by Crippen LogP contribution is -2.05. The number of ether oxygens (including phenoxy) is 2. The maximum Gasteiger partial charge on any atom is 0.187 e. The van der Waals surface area contributed by atoms with Gasteiger partial charge in [0.2, 0.25) is 0 Å². The normalized spacial score (nSPS) is 12.2. The first-order valence-corrected chi connectivity index (χ1v) is 9.39.